The lowest BCUT2D eigenvalue weighted by Gasteiger charge is -2.23. The Bertz CT molecular complexity index is 374. The fourth-order valence-corrected chi connectivity index (χ4v) is 1.80. The van der Waals surface area contributed by atoms with Crippen molar-refractivity contribution in [3.8, 4) is 0 Å². The van der Waals surface area contributed by atoms with Crippen molar-refractivity contribution in [1.29, 1.82) is 0 Å². The second kappa shape index (κ2) is 6.40. The van der Waals surface area contributed by atoms with Crippen LogP contribution in [-0.2, 0) is 0 Å². The molecule has 0 aliphatic rings. The number of nitrogens with two attached hydrogens (primary N) is 1. The molecule has 0 aromatic heterocycles. The van der Waals surface area contributed by atoms with Crippen molar-refractivity contribution in [3.63, 3.8) is 0 Å². The molecule has 0 amide bonds. The van der Waals surface area contributed by atoms with Crippen LogP contribution in [0.4, 0.5) is 10.1 Å². The van der Waals surface area contributed by atoms with E-state index in [1.807, 2.05) is 17.9 Å². The SMILES string of the molecule is C=CCN(CCC)c1ccc(C(C)N)cc1F. The van der Waals surface area contributed by atoms with Gasteiger partial charge in [-0.05, 0) is 31.0 Å². The van der Waals surface area contributed by atoms with Gasteiger partial charge in [0.05, 0.1) is 5.69 Å². The average molecular weight is 236 g/mol. The van der Waals surface area contributed by atoms with Crippen LogP contribution in [-0.4, -0.2) is 13.1 Å². The highest BCUT2D eigenvalue weighted by atomic mass is 19.1. The molecule has 0 radical (unpaired) electrons. The van der Waals surface area contributed by atoms with Gasteiger partial charge in [-0.1, -0.05) is 19.1 Å². The molecule has 1 rings (SSSR count). The quantitative estimate of drug-likeness (QED) is 0.768. The molecule has 0 saturated heterocycles. The maximum atomic E-state index is 14.0. The molecule has 0 bridgehead atoms. The monoisotopic (exact) mass is 236 g/mol. The van der Waals surface area contributed by atoms with E-state index in [0.717, 1.165) is 18.5 Å². The zero-order valence-corrected chi connectivity index (χ0v) is 10.6. The molecule has 1 unspecified atom stereocenters. The normalized spacial score (nSPS) is 12.2. The van der Waals surface area contributed by atoms with E-state index in [1.54, 1.807) is 12.1 Å². The van der Waals surface area contributed by atoms with Crippen molar-refractivity contribution in [2.45, 2.75) is 26.3 Å². The smallest absolute Gasteiger partial charge is 0.146 e. The fraction of sp³-hybridized carbons (Fsp3) is 0.429. The molecule has 0 spiro atoms. The first-order valence-electron chi connectivity index (χ1n) is 6.01. The van der Waals surface area contributed by atoms with Crippen LogP contribution in [0.3, 0.4) is 0 Å². The predicted octanol–water partition coefficient (Wildman–Crippen LogP) is 3.25. The molecule has 0 heterocycles. The topological polar surface area (TPSA) is 29.3 Å². The zero-order chi connectivity index (χ0) is 12.8. The maximum absolute atomic E-state index is 14.0. The summed E-state index contributed by atoms with van der Waals surface area (Å²) in [5.41, 5.74) is 7.17. The van der Waals surface area contributed by atoms with Crippen LogP contribution >= 0.6 is 0 Å². The highest BCUT2D eigenvalue weighted by Crippen LogP contribution is 2.23. The molecule has 2 N–H and O–H groups in total. The summed E-state index contributed by atoms with van der Waals surface area (Å²) >= 11 is 0. The van der Waals surface area contributed by atoms with Gasteiger partial charge in [-0.25, -0.2) is 4.39 Å². The number of benzene rings is 1. The molecule has 2 nitrogen and oxygen atoms in total. The highest BCUT2D eigenvalue weighted by Gasteiger charge is 2.11. The first kappa shape index (κ1) is 13.7. The molecule has 17 heavy (non-hydrogen) atoms. The summed E-state index contributed by atoms with van der Waals surface area (Å²) in [5, 5.41) is 0. The molecule has 0 fully saturated rings. The lowest BCUT2D eigenvalue weighted by Crippen LogP contribution is -2.25. The van der Waals surface area contributed by atoms with Gasteiger partial charge in [-0.2, -0.15) is 0 Å². The molecule has 3 heteroatoms. The Hall–Kier alpha value is -1.35. The van der Waals surface area contributed by atoms with Gasteiger partial charge in [0.25, 0.3) is 0 Å². The number of hydrogen-bond donors (Lipinski definition) is 1. The van der Waals surface area contributed by atoms with E-state index in [9.17, 15) is 4.39 Å². The molecule has 1 atom stereocenters. The van der Waals surface area contributed by atoms with E-state index in [-0.39, 0.29) is 11.9 Å². The van der Waals surface area contributed by atoms with Gasteiger partial charge in [0, 0.05) is 19.1 Å². The van der Waals surface area contributed by atoms with E-state index in [0.29, 0.717) is 12.2 Å². The van der Waals surface area contributed by atoms with Crippen molar-refractivity contribution in [2.24, 2.45) is 5.73 Å². The highest BCUT2D eigenvalue weighted by molar-refractivity contribution is 5.50. The van der Waals surface area contributed by atoms with Crippen LogP contribution in [0.5, 0.6) is 0 Å². The number of rotatable bonds is 6. The van der Waals surface area contributed by atoms with Crippen LogP contribution in [0.1, 0.15) is 31.9 Å². The molecule has 1 aromatic rings. The van der Waals surface area contributed by atoms with Crippen LogP contribution in [0.2, 0.25) is 0 Å². The Balaban J connectivity index is 2.99. The van der Waals surface area contributed by atoms with Gasteiger partial charge in [-0.3, -0.25) is 0 Å². The van der Waals surface area contributed by atoms with Crippen LogP contribution in [0.25, 0.3) is 0 Å². The van der Waals surface area contributed by atoms with Crippen molar-refractivity contribution in [2.75, 3.05) is 18.0 Å². The van der Waals surface area contributed by atoms with Crippen molar-refractivity contribution < 1.29 is 4.39 Å². The minimum Gasteiger partial charge on any atom is -0.365 e. The van der Waals surface area contributed by atoms with Gasteiger partial charge < -0.3 is 10.6 Å². The van der Waals surface area contributed by atoms with Crippen molar-refractivity contribution >= 4 is 5.69 Å². The molecular weight excluding hydrogens is 215 g/mol. The van der Waals surface area contributed by atoms with Gasteiger partial charge >= 0.3 is 0 Å². The molecule has 1 aromatic carbocycles. The summed E-state index contributed by atoms with van der Waals surface area (Å²) < 4.78 is 14.0. The van der Waals surface area contributed by atoms with Crippen LogP contribution < -0.4 is 10.6 Å². The third-order valence-corrected chi connectivity index (χ3v) is 2.68. The minimum absolute atomic E-state index is 0.141. The maximum Gasteiger partial charge on any atom is 0.146 e. The lowest BCUT2D eigenvalue weighted by molar-refractivity contribution is 0.614. The van der Waals surface area contributed by atoms with Gasteiger partial charge in [0.15, 0.2) is 0 Å². The Morgan fingerprint density at radius 2 is 2.24 bits per heavy atom. The summed E-state index contributed by atoms with van der Waals surface area (Å²) in [6.45, 7) is 9.10. The largest absolute Gasteiger partial charge is 0.365 e. The predicted molar refractivity (Wildman–Crippen MR) is 71.7 cm³/mol. The first-order chi connectivity index (χ1) is 8.10. The third kappa shape index (κ3) is 3.56. The first-order valence-corrected chi connectivity index (χ1v) is 6.01. The molecule has 0 saturated carbocycles. The lowest BCUT2D eigenvalue weighted by atomic mass is 10.1. The van der Waals surface area contributed by atoms with E-state index in [1.165, 1.54) is 6.07 Å². The second-order valence-electron chi connectivity index (χ2n) is 4.23. The zero-order valence-electron chi connectivity index (χ0n) is 10.6. The van der Waals surface area contributed by atoms with E-state index in [4.69, 9.17) is 5.73 Å². The van der Waals surface area contributed by atoms with Crippen LogP contribution in [0, 0.1) is 5.82 Å². The summed E-state index contributed by atoms with van der Waals surface area (Å²) in [7, 11) is 0. The summed E-state index contributed by atoms with van der Waals surface area (Å²) in [4.78, 5) is 1.98. The standard InChI is InChI=1S/C14H21FN2/c1-4-8-17(9-5-2)14-7-6-12(11(3)16)10-13(14)15/h4,6-7,10-11H,1,5,8-9,16H2,2-3H3. The Morgan fingerprint density at radius 3 is 2.71 bits per heavy atom. The van der Waals surface area contributed by atoms with E-state index < -0.39 is 0 Å². The summed E-state index contributed by atoms with van der Waals surface area (Å²) in [6.07, 6.45) is 2.76. The number of anilines is 1. The van der Waals surface area contributed by atoms with E-state index >= 15 is 0 Å². The number of halogens is 1. The van der Waals surface area contributed by atoms with Crippen molar-refractivity contribution in [3.05, 3.63) is 42.2 Å². The summed E-state index contributed by atoms with van der Waals surface area (Å²) in [6, 6.07) is 5.06. The fourth-order valence-electron chi connectivity index (χ4n) is 1.80. The van der Waals surface area contributed by atoms with Gasteiger partial charge in [0.1, 0.15) is 5.82 Å². The molecule has 94 valence electrons. The third-order valence-electron chi connectivity index (χ3n) is 2.68. The number of nitrogens with zero attached hydrogens (tertiary/aromatic N) is 1. The van der Waals surface area contributed by atoms with Gasteiger partial charge in [0.2, 0.25) is 0 Å². The molecule has 0 aliphatic heterocycles. The molecule has 0 aliphatic carbocycles. The summed E-state index contributed by atoms with van der Waals surface area (Å²) in [5.74, 6) is -0.213. The minimum atomic E-state index is -0.213. The van der Waals surface area contributed by atoms with E-state index in [2.05, 4.69) is 13.5 Å². The second-order valence-corrected chi connectivity index (χ2v) is 4.23. The Labute approximate surface area is 103 Å². The van der Waals surface area contributed by atoms with Gasteiger partial charge in [-0.15, -0.1) is 6.58 Å². The average Bonchev–Trinajstić information content (AvgIpc) is 2.28. The Morgan fingerprint density at radius 1 is 1.53 bits per heavy atom. The number of hydrogen-bond acceptors (Lipinski definition) is 2. The molecular formula is C14H21FN2. The Kier molecular flexibility index (Phi) is 5.16. The van der Waals surface area contributed by atoms with Crippen LogP contribution in [0.15, 0.2) is 30.9 Å². The van der Waals surface area contributed by atoms with Crippen molar-refractivity contribution in [1.82, 2.24) is 0 Å².